The summed E-state index contributed by atoms with van der Waals surface area (Å²) in [6.07, 6.45) is 4.51. The summed E-state index contributed by atoms with van der Waals surface area (Å²) in [4.78, 5) is 47.4. The fourth-order valence-corrected chi connectivity index (χ4v) is 4.93. The van der Waals surface area contributed by atoms with Gasteiger partial charge in [-0.3, -0.25) is 24.3 Å². The van der Waals surface area contributed by atoms with Gasteiger partial charge in [-0.25, -0.2) is 0 Å². The molecular formula is C26H30N4O5. The minimum absolute atomic E-state index is 0.0976. The quantitative estimate of drug-likeness (QED) is 0.681. The van der Waals surface area contributed by atoms with Gasteiger partial charge in [-0.2, -0.15) is 0 Å². The van der Waals surface area contributed by atoms with E-state index in [-0.39, 0.29) is 36.8 Å². The SMILES string of the molecule is COc1cccc(C(=O)N2[C@@H](C(=O)NCc3ccccn3)COC23CCN(C(=O)C2CC2)CC3)c1. The summed E-state index contributed by atoms with van der Waals surface area (Å²) in [5, 5.41) is 2.91. The number of nitrogens with zero attached hydrogens (tertiary/aromatic N) is 3. The molecule has 0 bridgehead atoms. The van der Waals surface area contributed by atoms with Crippen LogP contribution in [0.2, 0.25) is 0 Å². The zero-order valence-electron chi connectivity index (χ0n) is 19.8. The Morgan fingerprint density at radius 2 is 1.94 bits per heavy atom. The smallest absolute Gasteiger partial charge is 0.257 e. The van der Waals surface area contributed by atoms with Crippen LogP contribution in [-0.4, -0.2) is 71.1 Å². The number of hydrogen-bond donors (Lipinski definition) is 1. The number of nitrogens with one attached hydrogen (secondary N) is 1. The summed E-state index contributed by atoms with van der Waals surface area (Å²) < 4.78 is 11.5. The Bertz CT molecular complexity index is 1100. The van der Waals surface area contributed by atoms with Crippen molar-refractivity contribution in [2.75, 3.05) is 26.8 Å². The second kappa shape index (κ2) is 9.65. The van der Waals surface area contributed by atoms with Crippen LogP contribution in [0.3, 0.4) is 0 Å². The van der Waals surface area contributed by atoms with Gasteiger partial charge >= 0.3 is 0 Å². The summed E-state index contributed by atoms with van der Waals surface area (Å²) in [5.74, 6) is 0.314. The maximum absolute atomic E-state index is 13.8. The summed E-state index contributed by atoms with van der Waals surface area (Å²) in [7, 11) is 1.55. The average Bonchev–Trinajstić information content (AvgIpc) is 3.70. The van der Waals surface area contributed by atoms with Gasteiger partial charge in [-0.1, -0.05) is 12.1 Å². The minimum Gasteiger partial charge on any atom is -0.497 e. The van der Waals surface area contributed by atoms with E-state index in [2.05, 4.69) is 10.3 Å². The number of likely N-dealkylation sites (tertiary alicyclic amines) is 1. The lowest BCUT2D eigenvalue weighted by Crippen LogP contribution is -2.59. The highest BCUT2D eigenvalue weighted by Crippen LogP contribution is 2.40. The highest BCUT2D eigenvalue weighted by Gasteiger charge is 2.54. The number of carbonyl (C=O) groups excluding carboxylic acids is 3. The van der Waals surface area contributed by atoms with Crippen molar-refractivity contribution >= 4 is 17.7 Å². The van der Waals surface area contributed by atoms with E-state index in [0.717, 1.165) is 18.5 Å². The van der Waals surface area contributed by atoms with Crippen LogP contribution in [0.25, 0.3) is 0 Å². The molecule has 1 atom stereocenters. The molecule has 2 aliphatic heterocycles. The number of rotatable bonds is 6. The van der Waals surface area contributed by atoms with E-state index in [1.54, 1.807) is 42.5 Å². The summed E-state index contributed by atoms with van der Waals surface area (Å²) in [6, 6.07) is 11.6. The molecule has 184 valence electrons. The number of piperidine rings is 1. The fraction of sp³-hybridized carbons (Fsp3) is 0.462. The van der Waals surface area contributed by atoms with Crippen molar-refractivity contribution in [1.82, 2.24) is 20.1 Å². The van der Waals surface area contributed by atoms with Gasteiger partial charge in [0.15, 0.2) is 0 Å². The van der Waals surface area contributed by atoms with Crippen molar-refractivity contribution < 1.29 is 23.9 Å². The van der Waals surface area contributed by atoms with Crippen molar-refractivity contribution in [3.05, 3.63) is 59.9 Å². The Morgan fingerprint density at radius 1 is 1.14 bits per heavy atom. The highest BCUT2D eigenvalue weighted by molar-refractivity contribution is 5.98. The molecule has 0 unspecified atom stereocenters. The normalized spacial score (nSPS) is 21.1. The monoisotopic (exact) mass is 478 g/mol. The van der Waals surface area contributed by atoms with Gasteiger partial charge in [-0.05, 0) is 43.2 Å². The minimum atomic E-state index is -0.937. The van der Waals surface area contributed by atoms with E-state index >= 15 is 0 Å². The summed E-state index contributed by atoms with van der Waals surface area (Å²) in [6.45, 7) is 1.35. The molecule has 1 N–H and O–H groups in total. The number of aromatic nitrogens is 1. The Hall–Kier alpha value is -3.46. The van der Waals surface area contributed by atoms with Gasteiger partial charge in [0.25, 0.3) is 5.91 Å². The lowest BCUT2D eigenvalue weighted by atomic mass is 9.96. The third-order valence-corrected chi connectivity index (χ3v) is 7.05. The first kappa shape index (κ1) is 23.3. The predicted molar refractivity (Wildman–Crippen MR) is 126 cm³/mol. The predicted octanol–water partition coefficient (Wildman–Crippen LogP) is 1.98. The van der Waals surface area contributed by atoms with E-state index in [0.29, 0.717) is 37.2 Å². The fourth-order valence-electron chi connectivity index (χ4n) is 4.93. The maximum Gasteiger partial charge on any atom is 0.257 e. The molecule has 3 amide bonds. The molecule has 1 spiro atoms. The van der Waals surface area contributed by atoms with Crippen LogP contribution in [-0.2, 0) is 20.9 Å². The largest absolute Gasteiger partial charge is 0.497 e. The standard InChI is InChI=1S/C26H30N4O5/c1-34-21-7-4-5-19(15-21)25(33)30-22(23(31)28-16-20-6-2-3-12-27-20)17-35-26(30)10-13-29(14-11-26)24(32)18-8-9-18/h2-7,12,15,18,22H,8-11,13-14,16-17H2,1H3,(H,28,31)/t22-/m1/s1. The first-order valence-electron chi connectivity index (χ1n) is 12.1. The van der Waals surface area contributed by atoms with E-state index in [1.807, 2.05) is 23.1 Å². The highest BCUT2D eigenvalue weighted by atomic mass is 16.5. The Labute approximate surface area is 204 Å². The van der Waals surface area contributed by atoms with Crippen molar-refractivity contribution in [1.29, 1.82) is 0 Å². The molecular weight excluding hydrogens is 448 g/mol. The first-order valence-corrected chi connectivity index (χ1v) is 12.1. The molecule has 3 heterocycles. The van der Waals surface area contributed by atoms with Crippen LogP contribution < -0.4 is 10.1 Å². The average molecular weight is 479 g/mol. The molecule has 2 saturated heterocycles. The number of ether oxygens (including phenoxy) is 2. The van der Waals surface area contributed by atoms with Crippen LogP contribution in [0.4, 0.5) is 0 Å². The van der Waals surface area contributed by atoms with Gasteiger partial charge in [0.2, 0.25) is 11.8 Å². The molecule has 1 aromatic carbocycles. The Balaban J connectivity index is 1.37. The van der Waals surface area contributed by atoms with Crippen molar-refractivity contribution in [3.63, 3.8) is 0 Å². The molecule has 0 radical (unpaired) electrons. The van der Waals surface area contributed by atoms with Gasteiger partial charge < -0.3 is 19.7 Å². The van der Waals surface area contributed by atoms with Crippen LogP contribution in [0.1, 0.15) is 41.7 Å². The molecule has 3 fully saturated rings. The van der Waals surface area contributed by atoms with Gasteiger partial charge in [0.1, 0.15) is 17.5 Å². The van der Waals surface area contributed by atoms with E-state index in [4.69, 9.17) is 9.47 Å². The molecule has 1 saturated carbocycles. The number of amides is 3. The Kier molecular flexibility index (Phi) is 6.42. The van der Waals surface area contributed by atoms with Gasteiger partial charge in [-0.15, -0.1) is 0 Å². The van der Waals surface area contributed by atoms with Crippen molar-refractivity contribution in [2.45, 2.75) is 44.0 Å². The number of hydrogen-bond acceptors (Lipinski definition) is 6. The third-order valence-electron chi connectivity index (χ3n) is 7.05. The van der Waals surface area contributed by atoms with Crippen LogP contribution >= 0.6 is 0 Å². The number of carbonyl (C=O) groups is 3. The van der Waals surface area contributed by atoms with E-state index in [1.165, 1.54) is 0 Å². The lowest BCUT2D eigenvalue weighted by molar-refractivity contribution is -0.144. The Morgan fingerprint density at radius 3 is 2.63 bits per heavy atom. The molecule has 1 aliphatic carbocycles. The topological polar surface area (TPSA) is 101 Å². The first-order chi connectivity index (χ1) is 17.0. The molecule has 35 heavy (non-hydrogen) atoms. The van der Waals surface area contributed by atoms with Crippen LogP contribution in [0.15, 0.2) is 48.7 Å². The second-order valence-corrected chi connectivity index (χ2v) is 9.32. The molecule has 2 aromatic rings. The molecule has 9 nitrogen and oxygen atoms in total. The summed E-state index contributed by atoms with van der Waals surface area (Å²) >= 11 is 0. The van der Waals surface area contributed by atoms with Gasteiger partial charge in [0, 0.05) is 43.6 Å². The lowest BCUT2D eigenvalue weighted by Gasteiger charge is -2.44. The summed E-state index contributed by atoms with van der Waals surface area (Å²) in [5.41, 5.74) is 0.216. The number of methoxy groups -OCH3 is 1. The van der Waals surface area contributed by atoms with Gasteiger partial charge in [0.05, 0.1) is 26.0 Å². The van der Waals surface area contributed by atoms with E-state index in [9.17, 15) is 14.4 Å². The zero-order valence-corrected chi connectivity index (χ0v) is 19.8. The molecule has 3 aliphatic rings. The molecule has 9 heteroatoms. The maximum atomic E-state index is 13.8. The molecule has 1 aromatic heterocycles. The van der Waals surface area contributed by atoms with Crippen molar-refractivity contribution in [2.24, 2.45) is 5.92 Å². The second-order valence-electron chi connectivity index (χ2n) is 9.32. The zero-order chi connectivity index (χ0) is 24.4. The molecule has 5 rings (SSSR count). The van der Waals surface area contributed by atoms with Crippen molar-refractivity contribution in [3.8, 4) is 5.75 Å². The van der Waals surface area contributed by atoms with E-state index < -0.39 is 11.8 Å². The third kappa shape index (κ3) is 4.73. The number of benzene rings is 1. The number of pyridine rings is 1. The van der Waals surface area contributed by atoms with Crippen LogP contribution in [0, 0.1) is 5.92 Å². The van der Waals surface area contributed by atoms with Crippen LogP contribution in [0.5, 0.6) is 5.75 Å².